The van der Waals surface area contributed by atoms with Gasteiger partial charge >= 0.3 is 0 Å². The second kappa shape index (κ2) is 10.7. The molecule has 1 heterocycles. The van der Waals surface area contributed by atoms with Crippen LogP contribution < -0.4 is 15.4 Å². The molecule has 1 unspecified atom stereocenters. The number of ether oxygens (including phenoxy) is 1. The number of carbonyl (C=O) groups excluding carboxylic acids is 1. The van der Waals surface area contributed by atoms with E-state index in [-0.39, 0.29) is 18.3 Å². The smallest absolute Gasteiger partial charge is 0.220 e. The topological polar surface area (TPSA) is 50.4 Å². The van der Waals surface area contributed by atoms with Crippen LogP contribution in [0.5, 0.6) is 5.75 Å². The fraction of sp³-hybridized carbons (Fsp3) is 0.588. The number of benzene rings is 1. The molecule has 0 saturated carbocycles. The lowest BCUT2D eigenvalue weighted by atomic mass is 9.84. The van der Waals surface area contributed by atoms with Gasteiger partial charge in [0.05, 0.1) is 6.54 Å². The van der Waals surface area contributed by atoms with Crippen LogP contribution in [0.2, 0.25) is 5.02 Å². The van der Waals surface area contributed by atoms with E-state index in [4.69, 9.17) is 16.3 Å². The second-order valence-electron chi connectivity index (χ2n) is 5.92. The Morgan fingerprint density at radius 1 is 1.43 bits per heavy atom. The first kappa shape index (κ1) is 20.1. The zero-order valence-electron chi connectivity index (χ0n) is 13.5. The number of hydrogen-bond donors (Lipinski definition) is 2. The number of nitrogens with one attached hydrogen (secondary N) is 2. The molecule has 4 nitrogen and oxygen atoms in total. The predicted molar refractivity (Wildman–Crippen MR) is 96.6 cm³/mol. The molecule has 0 bridgehead atoms. The zero-order chi connectivity index (χ0) is 15.8. The van der Waals surface area contributed by atoms with Crippen LogP contribution in [0.1, 0.15) is 26.2 Å². The highest BCUT2D eigenvalue weighted by molar-refractivity contribution is 6.30. The average Bonchev–Trinajstić information content (AvgIpc) is 2.52. The number of rotatable bonds is 7. The van der Waals surface area contributed by atoms with E-state index < -0.39 is 0 Å². The summed E-state index contributed by atoms with van der Waals surface area (Å²) in [4.78, 5) is 12.0. The van der Waals surface area contributed by atoms with Crippen molar-refractivity contribution in [2.24, 2.45) is 11.8 Å². The Balaban J connectivity index is 0.00000264. The Kier molecular flexibility index (Phi) is 9.37. The van der Waals surface area contributed by atoms with E-state index in [1.807, 2.05) is 12.1 Å². The molecule has 1 saturated heterocycles. The fourth-order valence-electron chi connectivity index (χ4n) is 2.86. The van der Waals surface area contributed by atoms with Crippen LogP contribution in [0, 0.1) is 11.8 Å². The van der Waals surface area contributed by atoms with Crippen LogP contribution in [-0.2, 0) is 4.79 Å². The summed E-state index contributed by atoms with van der Waals surface area (Å²) in [5.74, 6) is 1.94. The molecule has 1 atom stereocenters. The molecule has 2 N–H and O–H groups in total. The molecule has 1 fully saturated rings. The van der Waals surface area contributed by atoms with Gasteiger partial charge in [-0.25, -0.2) is 0 Å². The maximum atomic E-state index is 12.0. The summed E-state index contributed by atoms with van der Waals surface area (Å²) >= 11 is 5.88. The molecule has 1 aliphatic rings. The molecular weight excluding hydrogens is 335 g/mol. The molecule has 0 aliphatic carbocycles. The lowest BCUT2D eigenvalue weighted by Crippen LogP contribution is -2.34. The minimum absolute atomic E-state index is 0. The van der Waals surface area contributed by atoms with Crippen molar-refractivity contribution in [2.75, 3.05) is 26.2 Å². The van der Waals surface area contributed by atoms with Gasteiger partial charge in [-0.1, -0.05) is 24.6 Å². The van der Waals surface area contributed by atoms with Gasteiger partial charge in [-0.2, -0.15) is 0 Å². The zero-order valence-corrected chi connectivity index (χ0v) is 15.1. The van der Waals surface area contributed by atoms with Crippen molar-refractivity contribution in [1.29, 1.82) is 0 Å². The van der Waals surface area contributed by atoms with E-state index in [1.54, 1.807) is 12.1 Å². The van der Waals surface area contributed by atoms with Crippen LogP contribution >= 0.6 is 24.0 Å². The Morgan fingerprint density at radius 3 is 2.87 bits per heavy atom. The molecule has 23 heavy (non-hydrogen) atoms. The van der Waals surface area contributed by atoms with Crippen LogP contribution in [0.15, 0.2) is 24.3 Å². The van der Waals surface area contributed by atoms with Crippen molar-refractivity contribution in [3.05, 3.63) is 29.3 Å². The van der Waals surface area contributed by atoms with Gasteiger partial charge < -0.3 is 15.4 Å². The number of halogens is 2. The Hall–Kier alpha value is -0.970. The van der Waals surface area contributed by atoms with Crippen LogP contribution in [0.4, 0.5) is 0 Å². The monoisotopic (exact) mass is 360 g/mol. The fourth-order valence-corrected chi connectivity index (χ4v) is 3.04. The molecule has 130 valence electrons. The normalized spacial score (nSPS) is 16.3. The predicted octanol–water partition coefficient (Wildman–Crippen LogP) is 3.28. The highest BCUT2D eigenvalue weighted by Gasteiger charge is 2.21. The van der Waals surface area contributed by atoms with Gasteiger partial charge in [-0.3, -0.25) is 4.79 Å². The summed E-state index contributed by atoms with van der Waals surface area (Å²) in [7, 11) is 0. The molecule has 1 aromatic rings. The highest BCUT2D eigenvalue weighted by Crippen LogP contribution is 2.24. The van der Waals surface area contributed by atoms with E-state index >= 15 is 0 Å². The summed E-state index contributed by atoms with van der Waals surface area (Å²) in [6.07, 6.45) is 2.94. The summed E-state index contributed by atoms with van der Waals surface area (Å²) in [5.41, 5.74) is 0. The van der Waals surface area contributed by atoms with Crippen LogP contribution in [0.3, 0.4) is 0 Å². The molecular formula is C17H26Cl2N2O2. The minimum atomic E-state index is 0. The third kappa shape index (κ3) is 7.42. The molecule has 6 heteroatoms. The van der Waals surface area contributed by atoms with Gasteiger partial charge in [0.25, 0.3) is 0 Å². The van der Waals surface area contributed by atoms with Crippen LogP contribution in [0.25, 0.3) is 0 Å². The molecule has 1 aromatic carbocycles. The first-order chi connectivity index (χ1) is 10.6. The largest absolute Gasteiger partial charge is 0.492 e. The van der Waals surface area contributed by atoms with Gasteiger partial charge in [0.1, 0.15) is 12.4 Å². The number of hydrogen-bond acceptors (Lipinski definition) is 3. The third-order valence-corrected chi connectivity index (χ3v) is 4.42. The Bertz CT molecular complexity index is 479. The quantitative estimate of drug-likeness (QED) is 0.733. The SMILES string of the molecule is CC(CC(=O)NCCOc1cccc(Cl)c1)C1CCNCC1.Cl. The summed E-state index contributed by atoms with van der Waals surface area (Å²) in [6, 6.07) is 7.27. The van der Waals surface area contributed by atoms with Crippen molar-refractivity contribution in [2.45, 2.75) is 26.2 Å². The maximum Gasteiger partial charge on any atom is 0.220 e. The Labute approximate surface area is 149 Å². The van der Waals surface area contributed by atoms with Crippen molar-refractivity contribution < 1.29 is 9.53 Å². The number of amides is 1. The van der Waals surface area contributed by atoms with Crippen molar-refractivity contribution in [3.63, 3.8) is 0 Å². The second-order valence-corrected chi connectivity index (χ2v) is 6.36. The van der Waals surface area contributed by atoms with E-state index in [0.29, 0.717) is 36.4 Å². The summed E-state index contributed by atoms with van der Waals surface area (Å²) in [5, 5.41) is 6.93. The maximum absolute atomic E-state index is 12.0. The van der Waals surface area contributed by atoms with Gasteiger partial charge in [-0.15, -0.1) is 12.4 Å². The first-order valence-electron chi connectivity index (χ1n) is 8.01. The lowest BCUT2D eigenvalue weighted by Gasteiger charge is -2.27. The van der Waals surface area contributed by atoms with Crippen molar-refractivity contribution in [3.8, 4) is 5.75 Å². The highest BCUT2D eigenvalue weighted by atomic mass is 35.5. The summed E-state index contributed by atoms with van der Waals surface area (Å²) in [6.45, 7) is 5.30. The van der Waals surface area contributed by atoms with E-state index in [1.165, 1.54) is 12.8 Å². The average molecular weight is 361 g/mol. The van der Waals surface area contributed by atoms with Crippen molar-refractivity contribution >= 4 is 29.9 Å². The van der Waals surface area contributed by atoms with E-state index in [9.17, 15) is 4.79 Å². The van der Waals surface area contributed by atoms with Crippen LogP contribution in [-0.4, -0.2) is 32.1 Å². The van der Waals surface area contributed by atoms with E-state index in [0.717, 1.165) is 18.8 Å². The molecule has 1 aliphatic heterocycles. The number of piperidine rings is 1. The lowest BCUT2D eigenvalue weighted by molar-refractivity contribution is -0.122. The first-order valence-corrected chi connectivity index (χ1v) is 8.38. The van der Waals surface area contributed by atoms with Gasteiger partial charge in [0, 0.05) is 11.4 Å². The van der Waals surface area contributed by atoms with E-state index in [2.05, 4.69) is 17.6 Å². The molecule has 0 radical (unpaired) electrons. The molecule has 0 aromatic heterocycles. The molecule has 2 rings (SSSR count). The van der Waals surface area contributed by atoms with Crippen molar-refractivity contribution in [1.82, 2.24) is 10.6 Å². The standard InChI is InChI=1S/C17H25ClN2O2.ClH/c1-13(14-5-7-19-8-6-14)11-17(21)20-9-10-22-16-4-2-3-15(18)12-16;/h2-4,12-14,19H,5-11H2,1H3,(H,20,21);1H. The van der Waals surface area contributed by atoms with Gasteiger partial charge in [-0.05, 0) is 56.0 Å². The van der Waals surface area contributed by atoms with Gasteiger partial charge in [0.2, 0.25) is 5.91 Å². The third-order valence-electron chi connectivity index (χ3n) is 4.18. The molecule has 0 spiro atoms. The Morgan fingerprint density at radius 2 is 2.17 bits per heavy atom. The molecule has 1 amide bonds. The van der Waals surface area contributed by atoms with Gasteiger partial charge in [0.15, 0.2) is 0 Å². The summed E-state index contributed by atoms with van der Waals surface area (Å²) < 4.78 is 5.55. The number of carbonyl (C=O) groups is 1. The minimum Gasteiger partial charge on any atom is -0.492 e.